The van der Waals surface area contributed by atoms with Crippen LogP contribution in [0.1, 0.15) is 36.1 Å². The van der Waals surface area contributed by atoms with E-state index in [1.807, 2.05) is 55.5 Å². The number of hydrogen-bond donors (Lipinski definition) is 1. The number of aryl methyl sites for hydroxylation is 1. The van der Waals surface area contributed by atoms with Crippen molar-refractivity contribution in [3.63, 3.8) is 0 Å². The molecule has 1 unspecified atom stereocenters. The van der Waals surface area contributed by atoms with Crippen molar-refractivity contribution in [3.05, 3.63) is 65.2 Å². The zero-order chi connectivity index (χ0) is 17.1. The molecule has 0 radical (unpaired) electrons. The average Bonchev–Trinajstić information content (AvgIpc) is 2.59. The standard InChI is InChI=1S/C20H22N2O2/c1-14(16-6-4-3-5-7-16)21-19(23)13-15-8-10-18-17(12-15)9-11-20(24)22(18)2/h3-8,10,12,14H,9,11,13H2,1-2H3,(H,21,23). The van der Waals surface area contributed by atoms with Crippen LogP contribution in [0.4, 0.5) is 5.69 Å². The highest BCUT2D eigenvalue weighted by molar-refractivity contribution is 5.96. The zero-order valence-corrected chi connectivity index (χ0v) is 14.1. The summed E-state index contributed by atoms with van der Waals surface area (Å²) in [7, 11) is 1.80. The molecule has 0 aliphatic carbocycles. The maximum atomic E-state index is 12.3. The lowest BCUT2D eigenvalue weighted by Gasteiger charge is -2.26. The third-order valence-electron chi connectivity index (χ3n) is 4.53. The minimum absolute atomic E-state index is 0.00606. The Morgan fingerprint density at radius 3 is 2.67 bits per heavy atom. The van der Waals surface area contributed by atoms with Gasteiger partial charge in [0.15, 0.2) is 0 Å². The van der Waals surface area contributed by atoms with Gasteiger partial charge in [0.05, 0.1) is 12.5 Å². The largest absolute Gasteiger partial charge is 0.349 e. The zero-order valence-electron chi connectivity index (χ0n) is 14.1. The molecular formula is C20H22N2O2. The predicted molar refractivity (Wildman–Crippen MR) is 94.9 cm³/mol. The van der Waals surface area contributed by atoms with Crippen molar-refractivity contribution in [2.45, 2.75) is 32.2 Å². The fraction of sp³-hybridized carbons (Fsp3) is 0.300. The quantitative estimate of drug-likeness (QED) is 0.940. The molecule has 0 aromatic heterocycles. The summed E-state index contributed by atoms with van der Waals surface area (Å²) in [6.45, 7) is 1.99. The predicted octanol–water partition coefficient (Wildman–Crippen LogP) is 3.02. The molecule has 1 atom stereocenters. The van der Waals surface area contributed by atoms with Gasteiger partial charge >= 0.3 is 0 Å². The Morgan fingerprint density at radius 1 is 1.17 bits per heavy atom. The second kappa shape index (κ2) is 6.87. The van der Waals surface area contributed by atoms with E-state index in [1.165, 1.54) is 0 Å². The number of carbonyl (C=O) groups is 2. The number of rotatable bonds is 4. The van der Waals surface area contributed by atoms with Gasteiger partial charge in [-0.15, -0.1) is 0 Å². The van der Waals surface area contributed by atoms with E-state index in [2.05, 4.69) is 5.32 Å². The minimum atomic E-state index is -0.0138. The van der Waals surface area contributed by atoms with Gasteiger partial charge in [-0.05, 0) is 36.1 Å². The van der Waals surface area contributed by atoms with Gasteiger partial charge < -0.3 is 10.2 Å². The van der Waals surface area contributed by atoms with Crippen LogP contribution in [-0.4, -0.2) is 18.9 Å². The van der Waals surface area contributed by atoms with Gasteiger partial charge in [0.1, 0.15) is 0 Å². The number of benzene rings is 2. The van der Waals surface area contributed by atoms with Crippen molar-refractivity contribution in [2.75, 3.05) is 11.9 Å². The number of amides is 2. The minimum Gasteiger partial charge on any atom is -0.349 e. The smallest absolute Gasteiger partial charge is 0.227 e. The Hall–Kier alpha value is -2.62. The average molecular weight is 322 g/mol. The lowest BCUT2D eigenvalue weighted by Crippen LogP contribution is -2.31. The third-order valence-corrected chi connectivity index (χ3v) is 4.53. The molecule has 1 aliphatic rings. The van der Waals surface area contributed by atoms with Crippen molar-refractivity contribution in [3.8, 4) is 0 Å². The van der Waals surface area contributed by atoms with Crippen molar-refractivity contribution in [1.29, 1.82) is 0 Å². The molecule has 2 amide bonds. The normalized spacial score (nSPS) is 14.9. The molecule has 24 heavy (non-hydrogen) atoms. The van der Waals surface area contributed by atoms with Crippen LogP contribution in [-0.2, 0) is 22.4 Å². The maximum absolute atomic E-state index is 12.3. The van der Waals surface area contributed by atoms with E-state index in [1.54, 1.807) is 11.9 Å². The van der Waals surface area contributed by atoms with E-state index >= 15 is 0 Å². The van der Waals surface area contributed by atoms with E-state index in [4.69, 9.17) is 0 Å². The summed E-state index contributed by atoms with van der Waals surface area (Å²) >= 11 is 0. The number of carbonyl (C=O) groups excluding carboxylic acids is 2. The first-order chi connectivity index (χ1) is 11.5. The SMILES string of the molecule is CC(NC(=O)Cc1ccc2c(c1)CCC(=O)N2C)c1ccccc1. The fourth-order valence-electron chi connectivity index (χ4n) is 3.12. The molecule has 0 spiro atoms. The molecule has 0 saturated carbocycles. The number of fused-ring (bicyclic) bond motifs is 1. The molecule has 0 bridgehead atoms. The highest BCUT2D eigenvalue weighted by Gasteiger charge is 2.21. The Balaban J connectivity index is 1.66. The van der Waals surface area contributed by atoms with Crippen LogP contribution in [0, 0.1) is 0 Å². The lowest BCUT2D eigenvalue weighted by molar-refractivity contribution is -0.121. The molecular weight excluding hydrogens is 300 g/mol. The molecule has 3 rings (SSSR count). The third kappa shape index (κ3) is 3.48. The fourth-order valence-corrected chi connectivity index (χ4v) is 3.12. The van der Waals surface area contributed by atoms with Crippen molar-refractivity contribution >= 4 is 17.5 Å². The Kier molecular flexibility index (Phi) is 4.65. The van der Waals surface area contributed by atoms with E-state index in [0.717, 1.165) is 28.8 Å². The lowest BCUT2D eigenvalue weighted by atomic mass is 9.98. The van der Waals surface area contributed by atoms with Crippen LogP contribution in [0.3, 0.4) is 0 Å². The molecule has 1 heterocycles. The Bertz CT molecular complexity index is 755. The molecule has 1 aliphatic heterocycles. The second-order valence-corrected chi connectivity index (χ2v) is 6.29. The van der Waals surface area contributed by atoms with Crippen LogP contribution in [0.15, 0.2) is 48.5 Å². The van der Waals surface area contributed by atoms with E-state index in [0.29, 0.717) is 12.8 Å². The Labute approximate surface area is 142 Å². The maximum Gasteiger partial charge on any atom is 0.227 e. The number of anilines is 1. The van der Waals surface area contributed by atoms with Gasteiger partial charge in [0.25, 0.3) is 0 Å². The van der Waals surface area contributed by atoms with Gasteiger partial charge in [-0.3, -0.25) is 9.59 Å². The summed E-state index contributed by atoms with van der Waals surface area (Å²) in [4.78, 5) is 25.7. The van der Waals surface area contributed by atoms with Crippen molar-refractivity contribution < 1.29 is 9.59 Å². The van der Waals surface area contributed by atoms with Crippen LogP contribution in [0.5, 0.6) is 0 Å². The number of nitrogens with zero attached hydrogens (tertiary/aromatic N) is 1. The van der Waals surface area contributed by atoms with Crippen molar-refractivity contribution in [2.24, 2.45) is 0 Å². The Morgan fingerprint density at radius 2 is 1.92 bits per heavy atom. The summed E-state index contributed by atoms with van der Waals surface area (Å²) in [6, 6.07) is 15.8. The molecule has 4 heteroatoms. The van der Waals surface area contributed by atoms with E-state index in [-0.39, 0.29) is 17.9 Å². The number of nitrogens with one attached hydrogen (secondary N) is 1. The molecule has 0 saturated heterocycles. The van der Waals surface area contributed by atoms with Gasteiger partial charge in [0, 0.05) is 19.2 Å². The second-order valence-electron chi connectivity index (χ2n) is 6.29. The summed E-state index contributed by atoms with van der Waals surface area (Å²) in [5.74, 6) is 0.149. The van der Waals surface area contributed by atoms with Crippen molar-refractivity contribution in [1.82, 2.24) is 5.32 Å². The molecule has 124 valence electrons. The van der Waals surface area contributed by atoms with Gasteiger partial charge in [-0.25, -0.2) is 0 Å². The van der Waals surface area contributed by atoms with Gasteiger partial charge in [0.2, 0.25) is 11.8 Å². The number of hydrogen-bond acceptors (Lipinski definition) is 2. The van der Waals surface area contributed by atoms with Crippen LogP contribution < -0.4 is 10.2 Å². The van der Waals surface area contributed by atoms with Crippen LogP contribution in [0.2, 0.25) is 0 Å². The van der Waals surface area contributed by atoms with Crippen LogP contribution in [0.25, 0.3) is 0 Å². The molecule has 1 N–H and O–H groups in total. The van der Waals surface area contributed by atoms with Gasteiger partial charge in [-0.2, -0.15) is 0 Å². The summed E-state index contributed by atoms with van der Waals surface area (Å²) in [5.41, 5.74) is 4.16. The monoisotopic (exact) mass is 322 g/mol. The molecule has 2 aromatic rings. The van der Waals surface area contributed by atoms with E-state index < -0.39 is 0 Å². The summed E-state index contributed by atoms with van der Waals surface area (Å²) in [5, 5.41) is 3.04. The highest BCUT2D eigenvalue weighted by atomic mass is 16.2. The first-order valence-corrected chi connectivity index (χ1v) is 8.27. The molecule has 2 aromatic carbocycles. The summed E-state index contributed by atoms with van der Waals surface area (Å²) < 4.78 is 0. The highest BCUT2D eigenvalue weighted by Crippen LogP contribution is 2.27. The molecule has 0 fully saturated rings. The first kappa shape index (κ1) is 16.2. The topological polar surface area (TPSA) is 49.4 Å². The first-order valence-electron chi connectivity index (χ1n) is 8.27. The summed E-state index contributed by atoms with van der Waals surface area (Å²) in [6.07, 6.45) is 1.63. The van der Waals surface area contributed by atoms with E-state index in [9.17, 15) is 9.59 Å². The molecule has 4 nitrogen and oxygen atoms in total. The van der Waals surface area contributed by atoms with Gasteiger partial charge in [-0.1, -0.05) is 42.5 Å². The van der Waals surface area contributed by atoms with Crippen LogP contribution >= 0.6 is 0 Å².